The molecule has 1 aliphatic rings. The number of nitrogens with one attached hydrogen (secondary N) is 1. The highest BCUT2D eigenvalue weighted by molar-refractivity contribution is 6.30. The standard InChI is InChI=1S/C32H26ClN3O3/c1-38-26-15-9-21(10-16-26)19-36-31(28-29(23-5-3-2-4-6-23)34-35-30(28)32(36)37)24-11-17-27(18-12-24)39-20-22-7-13-25(33)14-8-22/h2-18,31H,19-20H2,1H3,(H,34,35). The first-order valence-corrected chi connectivity index (χ1v) is 13.0. The molecule has 0 saturated carbocycles. The fraction of sp³-hybridized carbons (Fsp3) is 0.125. The number of H-pyrrole nitrogens is 1. The lowest BCUT2D eigenvalue weighted by molar-refractivity contribution is 0.0730. The van der Waals surface area contributed by atoms with Crippen LogP contribution in [0.5, 0.6) is 11.5 Å². The molecule has 1 aliphatic heterocycles. The summed E-state index contributed by atoms with van der Waals surface area (Å²) in [4.78, 5) is 15.6. The van der Waals surface area contributed by atoms with Crippen molar-refractivity contribution >= 4 is 17.5 Å². The monoisotopic (exact) mass is 535 g/mol. The number of carbonyl (C=O) groups is 1. The second-order valence-corrected chi connectivity index (χ2v) is 9.83. The average molecular weight is 536 g/mol. The third kappa shape index (κ3) is 4.99. The lowest BCUT2D eigenvalue weighted by Gasteiger charge is -2.27. The summed E-state index contributed by atoms with van der Waals surface area (Å²) in [6, 6.07) is 33.0. The Morgan fingerprint density at radius 3 is 2.21 bits per heavy atom. The van der Waals surface area contributed by atoms with Crippen LogP contribution in [-0.4, -0.2) is 28.1 Å². The summed E-state index contributed by atoms with van der Waals surface area (Å²) in [6.45, 7) is 0.880. The summed E-state index contributed by atoms with van der Waals surface area (Å²) in [6.07, 6.45) is 0. The Morgan fingerprint density at radius 2 is 1.51 bits per heavy atom. The molecule has 0 saturated heterocycles. The van der Waals surface area contributed by atoms with Crippen LogP contribution in [0.3, 0.4) is 0 Å². The second kappa shape index (κ2) is 10.7. The zero-order valence-electron chi connectivity index (χ0n) is 21.3. The van der Waals surface area contributed by atoms with Gasteiger partial charge in [0.05, 0.1) is 18.8 Å². The van der Waals surface area contributed by atoms with Crippen LogP contribution >= 0.6 is 11.6 Å². The van der Waals surface area contributed by atoms with Crippen molar-refractivity contribution in [1.82, 2.24) is 15.1 Å². The molecule has 1 N–H and O–H groups in total. The Morgan fingerprint density at radius 1 is 0.846 bits per heavy atom. The smallest absolute Gasteiger partial charge is 0.273 e. The maximum atomic E-state index is 13.7. The number of amides is 1. The first-order valence-electron chi connectivity index (χ1n) is 12.7. The zero-order chi connectivity index (χ0) is 26.8. The molecular weight excluding hydrogens is 510 g/mol. The van der Waals surface area contributed by atoms with Crippen LogP contribution in [0, 0.1) is 0 Å². The van der Waals surface area contributed by atoms with E-state index >= 15 is 0 Å². The Kier molecular flexibility index (Phi) is 6.78. The maximum Gasteiger partial charge on any atom is 0.273 e. The van der Waals surface area contributed by atoms with Gasteiger partial charge in [0.25, 0.3) is 5.91 Å². The van der Waals surface area contributed by atoms with Crippen LogP contribution in [0.15, 0.2) is 103 Å². The SMILES string of the molecule is COc1ccc(CN2C(=O)c3[nH]nc(-c4ccccc4)c3C2c2ccc(OCc3ccc(Cl)cc3)cc2)cc1. The summed E-state index contributed by atoms with van der Waals surface area (Å²) in [5, 5.41) is 8.28. The van der Waals surface area contributed by atoms with E-state index in [1.165, 1.54) is 0 Å². The van der Waals surface area contributed by atoms with Gasteiger partial charge in [-0.1, -0.05) is 78.3 Å². The van der Waals surface area contributed by atoms with Crippen molar-refractivity contribution in [2.75, 3.05) is 7.11 Å². The molecule has 4 aromatic carbocycles. The number of rotatable bonds is 8. The number of hydrogen-bond donors (Lipinski definition) is 1. The molecule has 0 spiro atoms. The predicted molar refractivity (Wildman–Crippen MR) is 151 cm³/mol. The molecule has 7 heteroatoms. The Hall–Kier alpha value is -4.55. The molecule has 0 radical (unpaired) electrons. The zero-order valence-corrected chi connectivity index (χ0v) is 22.1. The van der Waals surface area contributed by atoms with Gasteiger partial charge in [-0.2, -0.15) is 5.10 Å². The number of aromatic amines is 1. The van der Waals surface area contributed by atoms with Crippen LogP contribution in [0.25, 0.3) is 11.3 Å². The number of aromatic nitrogens is 2. The van der Waals surface area contributed by atoms with E-state index < -0.39 is 0 Å². The molecule has 1 atom stereocenters. The van der Waals surface area contributed by atoms with Crippen molar-refractivity contribution in [3.8, 4) is 22.8 Å². The van der Waals surface area contributed by atoms with Gasteiger partial charge in [-0.15, -0.1) is 0 Å². The van der Waals surface area contributed by atoms with E-state index in [1.54, 1.807) is 7.11 Å². The lowest BCUT2D eigenvalue weighted by atomic mass is 9.96. The van der Waals surface area contributed by atoms with E-state index in [1.807, 2.05) is 108 Å². The molecule has 6 nitrogen and oxygen atoms in total. The third-order valence-corrected chi connectivity index (χ3v) is 7.19. The van der Waals surface area contributed by atoms with E-state index in [9.17, 15) is 4.79 Å². The van der Waals surface area contributed by atoms with Crippen LogP contribution < -0.4 is 9.47 Å². The van der Waals surface area contributed by atoms with Gasteiger partial charge < -0.3 is 14.4 Å². The number of carbonyl (C=O) groups excluding carboxylic acids is 1. The summed E-state index contributed by atoms with van der Waals surface area (Å²) in [7, 11) is 1.64. The fourth-order valence-electron chi connectivity index (χ4n) is 4.94. The maximum absolute atomic E-state index is 13.7. The molecule has 1 aromatic heterocycles. The number of fused-ring (bicyclic) bond motifs is 1. The number of hydrogen-bond acceptors (Lipinski definition) is 4. The van der Waals surface area contributed by atoms with Crippen molar-refractivity contribution in [2.24, 2.45) is 0 Å². The van der Waals surface area contributed by atoms with Gasteiger partial charge in [0, 0.05) is 22.7 Å². The number of benzene rings is 4. The molecule has 1 amide bonds. The van der Waals surface area contributed by atoms with E-state index in [2.05, 4.69) is 10.2 Å². The van der Waals surface area contributed by atoms with Gasteiger partial charge in [0.15, 0.2) is 0 Å². The molecule has 6 rings (SSSR count). The van der Waals surface area contributed by atoms with E-state index in [-0.39, 0.29) is 11.9 Å². The van der Waals surface area contributed by atoms with Gasteiger partial charge in [-0.3, -0.25) is 9.89 Å². The minimum atomic E-state index is -0.311. The summed E-state index contributed by atoms with van der Waals surface area (Å²) >= 11 is 5.99. The molecule has 5 aromatic rings. The van der Waals surface area contributed by atoms with Crippen molar-refractivity contribution in [3.05, 3.63) is 136 Å². The first kappa shape index (κ1) is 24.8. The van der Waals surface area contributed by atoms with E-state index in [0.717, 1.165) is 45.0 Å². The van der Waals surface area contributed by atoms with Crippen LogP contribution in [0.4, 0.5) is 0 Å². The average Bonchev–Trinajstić information content (AvgIpc) is 3.53. The molecule has 39 heavy (non-hydrogen) atoms. The minimum absolute atomic E-state index is 0.0800. The number of methoxy groups -OCH3 is 1. The Balaban J connectivity index is 1.33. The number of halogens is 1. The highest BCUT2D eigenvalue weighted by Crippen LogP contribution is 2.43. The second-order valence-electron chi connectivity index (χ2n) is 9.39. The lowest BCUT2D eigenvalue weighted by Crippen LogP contribution is -2.29. The van der Waals surface area contributed by atoms with Gasteiger partial charge in [-0.05, 0) is 53.1 Å². The molecule has 0 aliphatic carbocycles. The van der Waals surface area contributed by atoms with Crippen LogP contribution in [0.1, 0.15) is 38.8 Å². The number of nitrogens with zero attached hydrogens (tertiary/aromatic N) is 2. The largest absolute Gasteiger partial charge is 0.497 e. The summed E-state index contributed by atoms with van der Waals surface area (Å²) < 4.78 is 11.3. The highest BCUT2D eigenvalue weighted by atomic mass is 35.5. The molecule has 0 fully saturated rings. The van der Waals surface area contributed by atoms with Gasteiger partial charge >= 0.3 is 0 Å². The summed E-state index contributed by atoms with van der Waals surface area (Å²) in [5.74, 6) is 1.44. The van der Waals surface area contributed by atoms with Gasteiger partial charge in [0.2, 0.25) is 0 Å². The fourth-order valence-corrected chi connectivity index (χ4v) is 5.07. The molecule has 1 unspecified atom stereocenters. The first-order chi connectivity index (χ1) is 19.1. The van der Waals surface area contributed by atoms with Crippen LogP contribution in [-0.2, 0) is 13.2 Å². The Bertz CT molecular complexity index is 1580. The Labute approximate surface area is 231 Å². The minimum Gasteiger partial charge on any atom is -0.497 e. The van der Waals surface area contributed by atoms with E-state index in [0.29, 0.717) is 23.9 Å². The van der Waals surface area contributed by atoms with Gasteiger partial charge in [-0.25, -0.2) is 0 Å². The van der Waals surface area contributed by atoms with Crippen molar-refractivity contribution in [3.63, 3.8) is 0 Å². The topological polar surface area (TPSA) is 67.5 Å². The predicted octanol–water partition coefficient (Wildman–Crippen LogP) is 7.06. The number of ether oxygens (including phenoxy) is 2. The quantitative estimate of drug-likeness (QED) is 0.231. The third-order valence-electron chi connectivity index (χ3n) is 6.94. The van der Waals surface area contributed by atoms with E-state index in [4.69, 9.17) is 21.1 Å². The molecular formula is C32H26ClN3O3. The molecule has 0 bridgehead atoms. The molecule has 2 heterocycles. The van der Waals surface area contributed by atoms with Crippen molar-refractivity contribution in [1.29, 1.82) is 0 Å². The highest BCUT2D eigenvalue weighted by Gasteiger charge is 2.42. The summed E-state index contributed by atoms with van der Waals surface area (Å²) in [5.41, 5.74) is 6.17. The van der Waals surface area contributed by atoms with Crippen molar-refractivity contribution in [2.45, 2.75) is 19.2 Å². The normalized spacial score (nSPS) is 14.4. The molecule has 194 valence electrons. The van der Waals surface area contributed by atoms with Crippen LogP contribution in [0.2, 0.25) is 5.02 Å². The van der Waals surface area contributed by atoms with Crippen molar-refractivity contribution < 1.29 is 14.3 Å². The van der Waals surface area contributed by atoms with Gasteiger partial charge in [0.1, 0.15) is 23.8 Å².